The molecule has 0 bridgehead atoms. The fourth-order valence-electron chi connectivity index (χ4n) is 1.99. The number of hydrogen-bond donors (Lipinski definition) is 1. The van der Waals surface area contributed by atoms with Crippen molar-refractivity contribution in [3.63, 3.8) is 0 Å². The first kappa shape index (κ1) is 10.6. The van der Waals surface area contributed by atoms with E-state index in [0.29, 0.717) is 6.54 Å². The van der Waals surface area contributed by atoms with Gasteiger partial charge in [-0.1, -0.05) is 6.92 Å². The predicted octanol–water partition coefficient (Wildman–Crippen LogP) is 0.998. The molecular weight excluding hydrogens is 192 g/mol. The number of hydrogen-bond acceptors (Lipinski definition) is 4. The highest BCUT2D eigenvalue weighted by Gasteiger charge is 2.24. The molecular formula is C10H18N4O. The third kappa shape index (κ3) is 2.03. The van der Waals surface area contributed by atoms with Crippen molar-refractivity contribution < 1.29 is 4.74 Å². The van der Waals surface area contributed by atoms with Crippen molar-refractivity contribution in [3.05, 3.63) is 11.6 Å². The Bertz CT molecular complexity index is 317. The van der Waals surface area contributed by atoms with Gasteiger partial charge in [0.25, 0.3) is 0 Å². The highest BCUT2D eigenvalue weighted by molar-refractivity contribution is 5.00. The molecule has 2 N–H and O–H groups in total. The molecule has 1 aromatic heterocycles. The lowest BCUT2D eigenvalue weighted by Gasteiger charge is -2.12. The normalized spacial score (nSPS) is 21.1. The largest absolute Gasteiger partial charge is 0.370 e. The second-order valence-electron chi connectivity index (χ2n) is 3.83. The van der Waals surface area contributed by atoms with E-state index in [-0.39, 0.29) is 6.10 Å². The van der Waals surface area contributed by atoms with Crippen LogP contribution in [0, 0.1) is 0 Å². The quantitative estimate of drug-likeness (QED) is 0.805. The van der Waals surface area contributed by atoms with Crippen LogP contribution < -0.4 is 5.73 Å². The molecule has 0 amide bonds. The van der Waals surface area contributed by atoms with Gasteiger partial charge in [0, 0.05) is 13.2 Å². The van der Waals surface area contributed by atoms with E-state index in [0.717, 1.165) is 44.1 Å². The average molecular weight is 210 g/mol. The zero-order valence-electron chi connectivity index (χ0n) is 9.15. The van der Waals surface area contributed by atoms with Crippen molar-refractivity contribution >= 4 is 0 Å². The van der Waals surface area contributed by atoms with E-state index in [1.807, 2.05) is 0 Å². The maximum Gasteiger partial charge on any atom is 0.162 e. The molecule has 1 fully saturated rings. The minimum atomic E-state index is 0.129. The van der Waals surface area contributed by atoms with Crippen LogP contribution in [0.1, 0.15) is 43.9 Å². The molecule has 1 aliphatic rings. The first-order valence-electron chi connectivity index (χ1n) is 5.60. The summed E-state index contributed by atoms with van der Waals surface area (Å²) in [6, 6.07) is 0. The first-order valence-corrected chi connectivity index (χ1v) is 5.60. The summed E-state index contributed by atoms with van der Waals surface area (Å²) in [5.41, 5.74) is 5.63. The molecule has 1 unspecified atom stereocenters. The van der Waals surface area contributed by atoms with Gasteiger partial charge in [-0.2, -0.15) is 0 Å². The van der Waals surface area contributed by atoms with Crippen LogP contribution >= 0.6 is 0 Å². The van der Waals surface area contributed by atoms with Gasteiger partial charge in [-0.15, -0.1) is 10.2 Å². The average Bonchev–Trinajstić information content (AvgIpc) is 2.85. The van der Waals surface area contributed by atoms with Crippen molar-refractivity contribution in [2.75, 3.05) is 6.61 Å². The molecule has 84 valence electrons. The van der Waals surface area contributed by atoms with Crippen LogP contribution in [0.2, 0.25) is 0 Å². The van der Waals surface area contributed by atoms with Crippen molar-refractivity contribution in [3.8, 4) is 0 Å². The second kappa shape index (κ2) is 4.72. The number of rotatable bonds is 4. The summed E-state index contributed by atoms with van der Waals surface area (Å²) < 4.78 is 7.73. The summed E-state index contributed by atoms with van der Waals surface area (Å²) in [4.78, 5) is 0. The van der Waals surface area contributed by atoms with Crippen LogP contribution in [0.3, 0.4) is 0 Å². The Morgan fingerprint density at radius 2 is 2.40 bits per heavy atom. The van der Waals surface area contributed by atoms with Crippen molar-refractivity contribution in [2.24, 2.45) is 5.73 Å². The Labute approximate surface area is 89.6 Å². The van der Waals surface area contributed by atoms with Crippen LogP contribution in [-0.2, 0) is 17.8 Å². The van der Waals surface area contributed by atoms with Crippen molar-refractivity contribution in [2.45, 2.75) is 45.4 Å². The van der Waals surface area contributed by atoms with E-state index in [4.69, 9.17) is 10.5 Å². The van der Waals surface area contributed by atoms with Crippen LogP contribution in [0.4, 0.5) is 0 Å². The maximum atomic E-state index is 5.63. The van der Waals surface area contributed by atoms with Gasteiger partial charge in [0.05, 0.1) is 6.54 Å². The van der Waals surface area contributed by atoms with Crippen LogP contribution in [-0.4, -0.2) is 21.4 Å². The number of aromatic nitrogens is 3. The van der Waals surface area contributed by atoms with Gasteiger partial charge in [-0.05, 0) is 19.3 Å². The van der Waals surface area contributed by atoms with Gasteiger partial charge in [0.2, 0.25) is 0 Å². The summed E-state index contributed by atoms with van der Waals surface area (Å²) in [5, 5.41) is 8.30. The lowest BCUT2D eigenvalue weighted by molar-refractivity contribution is 0.101. The zero-order chi connectivity index (χ0) is 10.7. The Morgan fingerprint density at radius 1 is 1.53 bits per heavy atom. The van der Waals surface area contributed by atoms with Gasteiger partial charge in [-0.3, -0.25) is 0 Å². The van der Waals surface area contributed by atoms with E-state index in [9.17, 15) is 0 Å². The van der Waals surface area contributed by atoms with E-state index in [1.54, 1.807) is 0 Å². The Hall–Kier alpha value is -0.940. The maximum absolute atomic E-state index is 5.63. The Balaban J connectivity index is 2.24. The molecule has 2 heterocycles. The Kier molecular flexibility index (Phi) is 3.33. The van der Waals surface area contributed by atoms with Gasteiger partial charge >= 0.3 is 0 Å². The van der Waals surface area contributed by atoms with E-state index in [2.05, 4.69) is 21.7 Å². The fourth-order valence-corrected chi connectivity index (χ4v) is 1.99. The molecule has 1 atom stereocenters. The molecule has 1 aliphatic heterocycles. The minimum absolute atomic E-state index is 0.129. The van der Waals surface area contributed by atoms with E-state index >= 15 is 0 Å². The molecule has 1 aromatic rings. The molecule has 5 heteroatoms. The van der Waals surface area contributed by atoms with Gasteiger partial charge in [-0.25, -0.2) is 0 Å². The van der Waals surface area contributed by atoms with Crippen LogP contribution in [0.25, 0.3) is 0 Å². The van der Waals surface area contributed by atoms with Gasteiger partial charge in [0.1, 0.15) is 11.9 Å². The zero-order valence-corrected chi connectivity index (χ0v) is 9.15. The summed E-state index contributed by atoms with van der Waals surface area (Å²) >= 11 is 0. The monoisotopic (exact) mass is 210 g/mol. The van der Waals surface area contributed by atoms with Gasteiger partial charge in [0.15, 0.2) is 5.82 Å². The highest BCUT2D eigenvalue weighted by Crippen LogP contribution is 2.27. The van der Waals surface area contributed by atoms with Crippen molar-refractivity contribution in [1.29, 1.82) is 0 Å². The molecule has 0 aliphatic carbocycles. The standard InChI is InChI=1S/C10H18N4O/c1-2-5-14-9(7-11)12-13-10(14)8-4-3-6-15-8/h8H,2-7,11H2,1H3. The SMILES string of the molecule is CCCn1c(CN)nnc1C1CCCO1. The molecule has 0 spiro atoms. The molecule has 5 nitrogen and oxygen atoms in total. The fraction of sp³-hybridized carbons (Fsp3) is 0.800. The van der Waals surface area contributed by atoms with Gasteiger partial charge < -0.3 is 15.0 Å². The summed E-state index contributed by atoms with van der Waals surface area (Å²) in [7, 11) is 0. The lowest BCUT2D eigenvalue weighted by atomic mass is 10.2. The first-order chi connectivity index (χ1) is 7.36. The minimum Gasteiger partial charge on any atom is -0.370 e. The molecule has 0 aromatic carbocycles. The number of ether oxygens (including phenoxy) is 1. The second-order valence-corrected chi connectivity index (χ2v) is 3.83. The van der Waals surface area contributed by atoms with E-state index < -0.39 is 0 Å². The van der Waals surface area contributed by atoms with Crippen molar-refractivity contribution in [1.82, 2.24) is 14.8 Å². The molecule has 1 saturated heterocycles. The lowest BCUT2D eigenvalue weighted by Crippen LogP contribution is -2.13. The number of nitrogens with two attached hydrogens (primary N) is 1. The van der Waals surface area contributed by atoms with E-state index in [1.165, 1.54) is 0 Å². The smallest absolute Gasteiger partial charge is 0.162 e. The topological polar surface area (TPSA) is 66.0 Å². The molecule has 15 heavy (non-hydrogen) atoms. The highest BCUT2D eigenvalue weighted by atomic mass is 16.5. The molecule has 0 saturated carbocycles. The Morgan fingerprint density at radius 3 is 3.00 bits per heavy atom. The summed E-state index contributed by atoms with van der Waals surface area (Å²) in [5.74, 6) is 1.82. The summed E-state index contributed by atoms with van der Waals surface area (Å²) in [6.07, 6.45) is 3.35. The van der Waals surface area contributed by atoms with Crippen LogP contribution in [0.15, 0.2) is 0 Å². The predicted molar refractivity (Wildman–Crippen MR) is 56.1 cm³/mol. The third-order valence-electron chi connectivity index (χ3n) is 2.70. The van der Waals surface area contributed by atoms with Crippen LogP contribution in [0.5, 0.6) is 0 Å². The molecule has 2 rings (SSSR count). The third-order valence-corrected chi connectivity index (χ3v) is 2.70. The molecule has 0 radical (unpaired) electrons. The summed E-state index contributed by atoms with van der Waals surface area (Å²) in [6.45, 7) is 4.34. The number of nitrogens with zero attached hydrogens (tertiary/aromatic N) is 3.